The molecule has 0 radical (unpaired) electrons. The molecular formula is H7Na2O3PSi. The maximum absolute atomic E-state index is 8.74. The Balaban J connectivity index is -0.0000000150. The van der Waals surface area contributed by atoms with Crippen molar-refractivity contribution in [1.29, 1.82) is 0 Å². The first-order valence-corrected chi connectivity index (χ1v) is 1.95. The van der Waals surface area contributed by atoms with Crippen molar-refractivity contribution in [3.05, 3.63) is 0 Å². The molecule has 1 atom stereocenters. The third-order valence-corrected chi connectivity index (χ3v) is 0. The van der Waals surface area contributed by atoms with Crippen molar-refractivity contribution in [2.45, 2.75) is 0 Å². The monoisotopic (exact) mass is 160 g/mol. The fourth-order valence-electron chi connectivity index (χ4n) is 0. The average Bonchev–Trinajstić information content (AvgIpc) is 0.811. The third-order valence-electron chi connectivity index (χ3n) is 0. The second-order valence-corrected chi connectivity index (χ2v) is 0.848. The van der Waals surface area contributed by atoms with Crippen LogP contribution in [0.15, 0.2) is 0 Å². The molecule has 0 fully saturated rings. The van der Waals surface area contributed by atoms with Crippen LogP contribution in [0.25, 0.3) is 0 Å². The van der Waals surface area contributed by atoms with E-state index in [1.54, 1.807) is 0 Å². The molecule has 0 aliphatic rings. The van der Waals surface area contributed by atoms with Gasteiger partial charge in [0.2, 0.25) is 0 Å². The minimum atomic E-state index is -3.13. The maximum atomic E-state index is 8.74. The van der Waals surface area contributed by atoms with Gasteiger partial charge >= 0.3 is 68.3 Å². The predicted molar refractivity (Wildman–Crippen MR) is 36.3 cm³/mol. The van der Waals surface area contributed by atoms with Crippen LogP contribution in [0.2, 0.25) is 0 Å². The number of rotatable bonds is 0. The summed E-state index contributed by atoms with van der Waals surface area (Å²) in [5.41, 5.74) is 0. The summed E-state index contributed by atoms with van der Waals surface area (Å²) in [5, 5.41) is 0. The zero-order chi connectivity index (χ0) is 3.58. The first-order chi connectivity index (χ1) is 1.73. The van der Waals surface area contributed by atoms with E-state index in [1.807, 2.05) is 0 Å². The molecule has 7 heteroatoms. The summed E-state index contributed by atoms with van der Waals surface area (Å²) < 4.78 is 8.74. The molecule has 0 bridgehead atoms. The molecular weight excluding hydrogens is 153 g/mol. The van der Waals surface area contributed by atoms with Crippen molar-refractivity contribution in [3.8, 4) is 0 Å². The topological polar surface area (TPSA) is 57.5 Å². The van der Waals surface area contributed by atoms with Crippen molar-refractivity contribution >= 4 is 78.2 Å². The van der Waals surface area contributed by atoms with Gasteiger partial charge in [-0.05, 0) is 0 Å². The first-order valence-electron chi connectivity index (χ1n) is 0.651. The summed E-state index contributed by atoms with van der Waals surface area (Å²) in [6, 6.07) is 0. The zero-order valence-corrected chi connectivity index (χ0v) is 4.92. The second kappa shape index (κ2) is 15.7. The van der Waals surface area contributed by atoms with Crippen LogP contribution in [0.5, 0.6) is 0 Å². The molecule has 1 unspecified atom stereocenters. The molecule has 3 nitrogen and oxygen atoms in total. The van der Waals surface area contributed by atoms with Crippen LogP contribution < -0.4 is 0 Å². The van der Waals surface area contributed by atoms with Gasteiger partial charge in [0.25, 0.3) is 0 Å². The number of hydrogen-bond acceptors (Lipinski definition) is 1. The molecule has 0 aromatic heterocycles. The Kier molecular flexibility index (Phi) is 51.5. The van der Waals surface area contributed by atoms with Crippen molar-refractivity contribution in [3.63, 3.8) is 0 Å². The van der Waals surface area contributed by atoms with E-state index in [4.69, 9.17) is 14.1 Å². The van der Waals surface area contributed by atoms with Crippen LogP contribution in [0.3, 0.4) is 0 Å². The Hall–Kier alpha value is 2.05. The van der Waals surface area contributed by atoms with Crippen LogP contribution in [-0.4, -0.2) is 77.9 Å². The van der Waals surface area contributed by atoms with Crippen LogP contribution in [0, 0.1) is 0 Å². The van der Waals surface area contributed by atoms with E-state index < -0.39 is 9.17 Å². The molecule has 0 heterocycles. The molecule has 0 saturated carbocycles. The second-order valence-electron chi connectivity index (χ2n) is 0.283. The van der Waals surface area contributed by atoms with Crippen LogP contribution in [0.4, 0.5) is 0 Å². The van der Waals surface area contributed by atoms with E-state index in [0.29, 0.717) is 0 Å². The van der Waals surface area contributed by atoms with Crippen LogP contribution in [0.1, 0.15) is 0 Å². The Morgan fingerprint density at radius 3 is 1.14 bits per heavy atom. The fourth-order valence-corrected chi connectivity index (χ4v) is 0. The van der Waals surface area contributed by atoms with E-state index >= 15 is 0 Å². The van der Waals surface area contributed by atoms with Gasteiger partial charge < -0.3 is 9.59 Å². The SMILES string of the molecule is O=[Si](O)O.P.[NaH].[NaH]. The van der Waals surface area contributed by atoms with Gasteiger partial charge in [-0.25, -0.2) is 0 Å². The van der Waals surface area contributed by atoms with Gasteiger partial charge in [0.05, 0.1) is 0 Å². The fraction of sp³-hybridized carbons (Fsp3) is 0. The molecule has 36 valence electrons. The Labute approximate surface area is 91.0 Å². The molecule has 0 aromatic rings. The summed E-state index contributed by atoms with van der Waals surface area (Å²) in [7, 11) is -3.13. The van der Waals surface area contributed by atoms with E-state index in [-0.39, 0.29) is 69.0 Å². The van der Waals surface area contributed by atoms with E-state index in [9.17, 15) is 0 Å². The normalized spacial score (nSPS) is 3.43. The first kappa shape index (κ1) is 23.0. The van der Waals surface area contributed by atoms with Gasteiger partial charge in [0.15, 0.2) is 0 Å². The summed E-state index contributed by atoms with van der Waals surface area (Å²) >= 11 is 0. The Bertz CT molecular complexity index is 35.9. The summed E-state index contributed by atoms with van der Waals surface area (Å²) in [5.74, 6) is 0. The van der Waals surface area contributed by atoms with E-state index in [0.717, 1.165) is 0 Å². The molecule has 7 heavy (non-hydrogen) atoms. The van der Waals surface area contributed by atoms with Gasteiger partial charge in [0, 0.05) is 0 Å². The molecule has 0 aromatic carbocycles. The van der Waals surface area contributed by atoms with Gasteiger partial charge in [-0.15, -0.1) is 0 Å². The quantitative estimate of drug-likeness (QED) is 0.296. The van der Waals surface area contributed by atoms with Gasteiger partial charge in [-0.2, -0.15) is 9.90 Å². The summed E-state index contributed by atoms with van der Waals surface area (Å²) in [6.07, 6.45) is 0. The van der Waals surface area contributed by atoms with Crippen molar-refractivity contribution in [2.24, 2.45) is 0 Å². The molecule has 0 rings (SSSR count). The molecule has 0 spiro atoms. The predicted octanol–water partition coefficient (Wildman–Crippen LogP) is -2.85. The van der Waals surface area contributed by atoms with Gasteiger partial charge in [-0.3, -0.25) is 4.46 Å². The van der Waals surface area contributed by atoms with Crippen molar-refractivity contribution in [2.75, 3.05) is 0 Å². The number of hydrogen-bond donors (Lipinski definition) is 2. The average molecular weight is 160 g/mol. The Morgan fingerprint density at radius 2 is 1.14 bits per heavy atom. The molecule has 0 amide bonds. The summed E-state index contributed by atoms with van der Waals surface area (Å²) in [4.78, 5) is 14.3. The minimum absolute atomic E-state index is 0. The van der Waals surface area contributed by atoms with Crippen LogP contribution >= 0.6 is 9.90 Å². The van der Waals surface area contributed by atoms with Crippen molar-refractivity contribution < 1.29 is 14.1 Å². The van der Waals surface area contributed by atoms with E-state index in [2.05, 4.69) is 0 Å². The summed E-state index contributed by atoms with van der Waals surface area (Å²) in [6.45, 7) is 0. The zero-order valence-electron chi connectivity index (χ0n) is 2.51. The molecule has 2 N–H and O–H groups in total. The van der Waals surface area contributed by atoms with E-state index in [1.165, 1.54) is 0 Å². The van der Waals surface area contributed by atoms with Gasteiger partial charge in [0.1, 0.15) is 0 Å². The molecule has 0 saturated heterocycles. The Morgan fingerprint density at radius 1 is 1.14 bits per heavy atom. The standard InChI is InChI=1S/2Na.H2O3Si.H3P.2H/c;;1-4(2)3;;;/h;;1-2H;1H3;;. The molecule has 0 aliphatic carbocycles. The van der Waals surface area contributed by atoms with Crippen molar-refractivity contribution in [1.82, 2.24) is 0 Å². The van der Waals surface area contributed by atoms with Crippen LogP contribution in [-0.2, 0) is 4.46 Å². The van der Waals surface area contributed by atoms with Gasteiger partial charge in [-0.1, -0.05) is 0 Å². The molecule has 0 aliphatic heterocycles. The third kappa shape index (κ3) is 70.2.